The molecular formula is C76H99Cl9F2. The summed E-state index contributed by atoms with van der Waals surface area (Å²) in [6.45, 7) is 55.8. The SMILES string of the molecule is CC(C)(C)c1c(Cl)cccc1Cl.Cc1cc(Cl)c(C(C)(C)C)c(Cl)c1.Cc1ccc(C(C)(C)C)c(Cl)c1.Cc1ccc(C(C)(C)C)c(F)c1Cl.Cc1ccc(C(C)(C)C)c(F)c1Cl.Cc1ccc(C(C)(C)C)cc1Cl.Cc1ccc(C(C)(C)C)cc1Cl. The van der Waals surface area contributed by atoms with E-state index in [1.165, 1.54) is 22.3 Å². The summed E-state index contributed by atoms with van der Waals surface area (Å²) in [7, 11) is 0. The number of rotatable bonds is 0. The molecule has 0 N–H and O–H groups in total. The molecule has 0 atom stereocenters. The summed E-state index contributed by atoms with van der Waals surface area (Å²) in [5.74, 6) is -0.566. The summed E-state index contributed by atoms with van der Waals surface area (Å²) in [5, 5.41) is 6.10. The van der Waals surface area contributed by atoms with E-state index in [9.17, 15) is 8.78 Å². The summed E-state index contributed by atoms with van der Waals surface area (Å²) >= 11 is 54.1. The Labute approximate surface area is 571 Å². The van der Waals surface area contributed by atoms with E-state index < -0.39 is 0 Å². The van der Waals surface area contributed by atoms with E-state index in [1.54, 1.807) is 26.0 Å². The first-order valence-electron chi connectivity index (χ1n) is 29.3. The van der Waals surface area contributed by atoms with Gasteiger partial charge in [0, 0.05) is 35.2 Å². The molecule has 7 aromatic rings. The summed E-state index contributed by atoms with van der Waals surface area (Å²) in [6, 6.07) is 35.6. The number of halogens is 11. The van der Waals surface area contributed by atoms with Crippen molar-refractivity contribution in [2.24, 2.45) is 0 Å². The zero-order chi connectivity index (χ0) is 68.1. The van der Waals surface area contributed by atoms with Crippen LogP contribution in [-0.4, -0.2) is 0 Å². The second-order valence-corrected chi connectivity index (χ2v) is 33.1. The van der Waals surface area contributed by atoms with Crippen LogP contribution in [0.4, 0.5) is 8.78 Å². The van der Waals surface area contributed by atoms with Crippen LogP contribution in [0.2, 0.25) is 45.2 Å². The molecule has 11 heteroatoms. The summed E-state index contributed by atoms with van der Waals surface area (Å²) in [5.41, 5.74) is 13.5. The zero-order valence-electron chi connectivity index (χ0n) is 57.0. The first kappa shape index (κ1) is 82.0. The molecule has 0 aliphatic heterocycles. The fourth-order valence-corrected chi connectivity index (χ4v) is 11.8. The van der Waals surface area contributed by atoms with Gasteiger partial charge in [-0.3, -0.25) is 0 Å². The largest absolute Gasteiger partial charge is 0.205 e. The third-order valence-corrected chi connectivity index (χ3v) is 17.1. The van der Waals surface area contributed by atoms with Crippen LogP contribution < -0.4 is 0 Å². The quantitative estimate of drug-likeness (QED) is 0.142. The molecule has 0 aliphatic carbocycles. The lowest BCUT2D eigenvalue weighted by Gasteiger charge is -2.22. The minimum atomic E-state index is -0.283. The Bertz CT molecular complexity index is 3190. The predicted molar refractivity (Wildman–Crippen MR) is 389 cm³/mol. The Balaban J connectivity index is 0.000000508. The molecule has 0 radical (unpaired) electrons. The fourth-order valence-electron chi connectivity index (χ4n) is 8.43. The minimum Gasteiger partial charge on any atom is -0.205 e. The standard InChI is InChI=1S/C11H14Cl2.2C11H14ClF.3C11H15Cl.C10H12Cl2/c1-7-5-8(12)10(9(13)6-7)11(2,3)4;2*1-7-5-6-8(11(2,3)4)10(13)9(7)12;2*1-8-5-6-9(7-10(8)12)11(2,3)4;1-8-5-6-9(10(12)7-8)11(2,3)4;1-10(2,3)9-7(11)5-4-6-8(9)12/h3*5-6H,1-4H3;3*5-7H,1-4H3;4-6H,1-3H3. The maximum atomic E-state index is 13.6. The zero-order valence-corrected chi connectivity index (χ0v) is 63.9. The van der Waals surface area contributed by atoms with Gasteiger partial charge in [-0.1, -0.05) is 317 Å². The Hall–Kier alpha value is -2.99. The van der Waals surface area contributed by atoms with E-state index in [1.807, 2.05) is 111 Å². The van der Waals surface area contributed by atoms with E-state index in [0.29, 0.717) is 11.1 Å². The van der Waals surface area contributed by atoms with Gasteiger partial charge in [0.15, 0.2) is 0 Å². The molecule has 0 unspecified atom stereocenters. The second-order valence-electron chi connectivity index (χ2n) is 29.5. The molecule has 7 rings (SSSR count). The van der Waals surface area contributed by atoms with Gasteiger partial charge in [0.2, 0.25) is 0 Å². The Morgan fingerprint density at radius 3 is 0.805 bits per heavy atom. The highest BCUT2D eigenvalue weighted by Crippen LogP contribution is 2.38. The molecule has 0 amide bonds. The molecule has 0 fully saturated rings. The molecule has 0 saturated carbocycles. The van der Waals surface area contributed by atoms with Crippen molar-refractivity contribution < 1.29 is 8.78 Å². The highest BCUT2D eigenvalue weighted by molar-refractivity contribution is 6.37. The highest BCUT2D eigenvalue weighted by Gasteiger charge is 2.24. The lowest BCUT2D eigenvalue weighted by atomic mass is 9.86. The molecule has 0 saturated heterocycles. The van der Waals surface area contributed by atoms with Crippen LogP contribution in [0.15, 0.2) is 109 Å². The maximum Gasteiger partial charge on any atom is 0.145 e. The van der Waals surface area contributed by atoms with Crippen LogP contribution in [-0.2, 0) is 37.9 Å². The van der Waals surface area contributed by atoms with Crippen molar-refractivity contribution in [2.75, 3.05) is 0 Å². The van der Waals surface area contributed by atoms with Gasteiger partial charge < -0.3 is 0 Å². The maximum absolute atomic E-state index is 13.6. The molecule has 480 valence electrons. The smallest absolute Gasteiger partial charge is 0.145 e. The molecule has 0 bridgehead atoms. The Morgan fingerprint density at radius 1 is 0.253 bits per heavy atom. The molecule has 0 aliphatic rings. The average molecular weight is 1370 g/mol. The van der Waals surface area contributed by atoms with Gasteiger partial charge in [-0.05, 0) is 194 Å². The summed E-state index contributed by atoms with van der Waals surface area (Å²) in [6.07, 6.45) is 0. The Kier molecular flexibility index (Phi) is 31.6. The molecule has 0 spiro atoms. The fraction of sp³-hybridized carbons (Fsp3) is 0.447. The van der Waals surface area contributed by atoms with E-state index in [0.717, 1.165) is 74.1 Å². The van der Waals surface area contributed by atoms with Crippen molar-refractivity contribution in [1.82, 2.24) is 0 Å². The molecule has 0 heterocycles. The lowest BCUT2D eigenvalue weighted by Crippen LogP contribution is -2.13. The van der Waals surface area contributed by atoms with E-state index in [2.05, 4.69) is 159 Å². The molecule has 0 aromatic heterocycles. The summed E-state index contributed by atoms with van der Waals surface area (Å²) < 4.78 is 27.3. The van der Waals surface area contributed by atoms with Gasteiger partial charge in [0.05, 0.1) is 10.0 Å². The topological polar surface area (TPSA) is 0 Å². The van der Waals surface area contributed by atoms with Crippen LogP contribution in [0.5, 0.6) is 0 Å². The number of hydrogen-bond acceptors (Lipinski definition) is 0. The average Bonchev–Trinajstić information content (AvgIpc) is 2.84. The summed E-state index contributed by atoms with van der Waals surface area (Å²) in [4.78, 5) is 0. The highest BCUT2D eigenvalue weighted by atomic mass is 35.5. The molecule has 87 heavy (non-hydrogen) atoms. The van der Waals surface area contributed by atoms with Crippen LogP contribution in [0, 0.1) is 53.2 Å². The van der Waals surface area contributed by atoms with Gasteiger partial charge in [-0.15, -0.1) is 0 Å². The molecule has 0 nitrogen and oxygen atoms in total. The number of hydrogen-bond donors (Lipinski definition) is 0. The first-order chi connectivity index (χ1) is 39.2. The van der Waals surface area contributed by atoms with E-state index in [-0.39, 0.29) is 59.6 Å². The van der Waals surface area contributed by atoms with E-state index >= 15 is 0 Å². The third kappa shape index (κ3) is 27.0. The van der Waals surface area contributed by atoms with Crippen molar-refractivity contribution in [3.63, 3.8) is 0 Å². The monoisotopic (exact) mass is 1360 g/mol. The third-order valence-electron chi connectivity index (χ3n) is 13.8. The lowest BCUT2D eigenvalue weighted by molar-refractivity contribution is 0.522. The van der Waals surface area contributed by atoms with Crippen LogP contribution >= 0.6 is 104 Å². The van der Waals surface area contributed by atoms with Crippen LogP contribution in [0.25, 0.3) is 0 Å². The van der Waals surface area contributed by atoms with Crippen LogP contribution in [0.3, 0.4) is 0 Å². The predicted octanol–water partition coefficient (Wildman–Crippen LogP) is 28.9. The van der Waals surface area contributed by atoms with Crippen LogP contribution in [0.1, 0.15) is 218 Å². The van der Waals surface area contributed by atoms with E-state index in [4.69, 9.17) is 104 Å². The van der Waals surface area contributed by atoms with Crippen molar-refractivity contribution in [3.8, 4) is 0 Å². The normalized spacial score (nSPS) is 11.8. The minimum absolute atomic E-state index is 0.00185. The second kappa shape index (κ2) is 33.5. The Morgan fingerprint density at radius 2 is 0.540 bits per heavy atom. The van der Waals surface area contributed by atoms with Gasteiger partial charge in [0.1, 0.15) is 11.6 Å². The number of benzene rings is 7. The van der Waals surface area contributed by atoms with Gasteiger partial charge in [-0.25, -0.2) is 8.78 Å². The first-order valence-corrected chi connectivity index (χ1v) is 32.7. The molecular weight excluding hydrogens is 1270 g/mol. The number of aryl methyl sites for hydroxylation is 6. The van der Waals surface area contributed by atoms with Crippen molar-refractivity contribution in [2.45, 2.75) is 225 Å². The van der Waals surface area contributed by atoms with Gasteiger partial charge in [0.25, 0.3) is 0 Å². The van der Waals surface area contributed by atoms with Crippen molar-refractivity contribution in [1.29, 1.82) is 0 Å². The van der Waals surface area contributed by atoms with Gasteiger partial charge in [-0.2, -0.15) is 0 Å². The van der Waals surface area contributed by atoms with Crippen molar-refractivity contribution >= 4 is 104 Å². The van der Waals surface area contributed by atoms with Crippen molar-refractivity contribution in [3.05, 3.63) is 238 Å². The molecule has 7 aromatic carbocycles. The van der Waals surface area contributed by atoms with Gasteiger partial charge >= 0.3 is 0 Å².